The second kappa shape index (κ2) is 10.9. The summed E-state index contributed by atoms with van der Waals surface area (Å²) in [4.78, 5) is 12.4. The number of halogens is 2. The molecular formula is C24H20Br2N4OS. The first-order valence-corrected chi connectivity index (χ1v) is 12.5. The van der Waals surface area contributed by atoms with Crippen molar-refractivity contribution in [1.82, 2.24) is 20.1 Å². The number of amides is 1. The molecule has 4 rings (SSSR count). The van der Waals surface area contributed by atoms with E-state index in [4.69, 9.17) is 0 Å². The van der Waals surface area contributed by atoms with Gasteiger partial charge in [-0.2, -0.15) is 0 Å². The molecule has 0 saturated heterocycles. The lowest BCUT2D eigenvalue weighted by atomic mass is 10.1. The number of nitrogens with zero attached hydrogens (tertiary/aromatic N) is 3. The molecule has 0 aliphatic rings. The Morgan fingerprint density at radius 2 is 1.50 bits per heavy atom. The highest BCUT2D eigenvalue weighted by Crippen LogP contribution is 2.26. The van der Waals surface area contributed by atoms with Crippen LogP contribution >= 0.6 is 43.6 Å². The van der Waals surface area contributed by atoms with Crippen LogP contribution in [0.4, 0.5) is 0 Å². The fourth-order valence-corrected chi connectivity index (χ4v) is 4.56. The Balaban J connectivity index is 1.51. The van der Waals surface area contributed by atoms with Gasteiger partial charge in [0, 0.05) is 20.4 Å². The van der Waals surface area contributed by atoms with E-state index in [1.807, 2.05) is 71.3 Å². The lowest BCUT2D eigenvalue weighted by molar-refractivity contribution is -0.120. The minimum Gasteiger partial charge on any atom is -0.348 e. The highest BCUT2D eigenvalue weighted by molar-refractivity contribution is 9.10. The van der Waals surface area contributed by atoms with E-state index in [9.17, 15) is 4.79 Å². The maximum Gasteiger partial charge on any atom is 0.224 e. The average Bonchev–Trinajstić information content (AvgIpc) is 3.21. The molecule has 0 atom stereocenters. The molecule has 5 nitrogen and oxygen atoms in total. The van der Waals surface area contributed by atoms with Crippen molar-refractivity contribution in [1.29, 1.82) is 0 Å². The zero-order valence-corrected chi connectivity index (χ0v) is 21.0. The molecule has 0 radical (unpaired) electrons. The number of thioether (sulfide) groups is 1. The second-order valence-corrected chi connectivity index (χ2v) is 9.84. The highest BCUT2D eigenvalue weighted by Gasteiger charge is 2.16. The molecule has 0 bridgehead atoms. The highest BCUT2D eigenvalue weighted by atomic mass is 79.9. The number of hydrogen-bond acceptors (Lipinski definition) is 4. The van der Waals surface area contributed by atoms with Gasteiger partial charge < -0.3 is 5.32 Å². The van der Waals surface area contributed by atoms with Crippen molar-refractivity contribution in [2.24, 2.45) is 0 Å². The van der Waals surface area contributed by atoms with E-state index < -0.39 is 0 Å². The van der Waals surface area contributed by atoms with Crippen molar-refractivity contribution in [3.05, 3.63) is 105 Å². The first kappa shape index (κ1) is 22.8. The van der Waals surface area contributed by atoms with Crippen LogP contribution in [0.5, 0.6) is 0 Å². The van der Waals surface area contributed by atoms with Gasteiger partial charge in [-0.25, -0.2) is 0 Å². The fraction of sp³-hybridized carbons (Fsp3) is 0.125. The minimum atomic E-state index is -0.0504. The maximum atomic E-state index is 12.4. The molecule has 0 unspecified atom stereocenters. The minimum absolute atomic E-state index is 0.0504. The number of rotatable bonds is 8. The van der Waals surface area contributed by atoms with Crippen LogP contribution in [0.1, 0.15) is 17.0 Å². The smallest absolute Gasteiger partial charge is 0.224 e. The molecule has 0 spiro atoms. The summed E-state index contributed by atoms with van der Waals surface area (Å²) in [5, 5.41) is 12.5. The molecule has 0 aliphatic carbocycles. The van der Waals surface area contributed by atoms with Crippen LogP contribution in [-0.4, -0.2) is 20.7 Å². The summed E-state index contributed by atoms with van der Waals surface area (Å²) in [7, 11) is 0. The number of nitrogens with one attached hydrogen (secondary N) is 1. The van der Waals surface area contributed by atoms with E-state index in [1.54, 1.807) is 11.8 Å². The summed E-state index contributed by atoms with van der Waals surface area (Å²) in [6.45, 7) is 0.299. The zero-order valence-electron chi connectivity index (χ0n) is 17.0. The number of aromatic nitrogens is 3. The zero-order chi connectivity index (χ0) is 22.3. The fourth-order valence-electron chi connectivity index (χ4n) is 3.11. The molecule has 1 N–H and O–H groups in total. The molecule has 0 fully saturated rings. The van der Waals surface area contributed by atoms with Gasteiger partial charge in [-0.05, 0) is 47.5 Å². The summed E-state index contributed by atoms with van der Waals surface area (Å²) < 4.78 is 4.05. The molecular weight excluding hydrogens is 552 g/mol. The Labute approximate surface area is 207 Å². The first-order valence-electron chi connectivity index (χ1n) is 9.96. The summed E-state index contributed by atoms with van der Waals surface area (Å²) in [6, 6.07) is 25.9. The standard InChI is InChI=1S/C24H20Br2N4OS/c25-19-8-6-18(7-9-19)16-32-24-29-28-22(30(24)21-12-10-20(26)11-13-21)15-27-23(31)14-17-4-2-1-3-5-17/h1-13H,14-16H2,(H,27,31). The first-order chi connectivity index (χ1) is 15.6. The molecule has 0 aliphatic heterocycles. The van der Waals surface area contributed by atoms with Gasteiger partial charge in [-0.3, -0.25) is 9.36 Å². The van der Waals surface area contributed by atoms with Crippen LogP contribution in [0.2, 0.25) is 0 Å². The van der Waals surface area contributed by atoms with E-state index in [0.717, 1.165) is 31.1 Å². The van der Waals surface area contributed by atoms with Gasteiger partial charge in [0.2, 0.25) is 5.91 Å². The van der Waals surface area contributed by atoms with Crippen LogP contribution in [-0.2, 0) is 23.5 Å². The third-order valence-corrected chi connectivity index (χ3v) is 6.77. The van der Waals surface area contributed by atoms with Crippen LogP contribution in [0.3, 0.4) is 0 Å². The monoisotopic (exact) mass is 570 g/mol. The van der Waals surface area contributed by atoms with Gasteiger partial charge in [0.25, 0.3) is 0 Å². The largest absolute Gasteiger partial charge is 0.348 e. The Hall–Kier alpha value is -2.42. The molecule has 1 aromatic heterocycles. The van der Waals surface area contributed by atoms with E-state index in [2.05, 4.69) is 59.5 Å². The van der Waals surface area contributed by atoms with E-state index in [1.165, 1.54) is 5.56 Å². The van der Waals surface area contributed by atoms with E-state index >= 15 is 0 Å². The molecule has 0 saturated carbocycles. The lowest BCUT2D eigenvalue weighted by Crippen LogP contribution is -2.26. The second-order valence-electron chi connectivity index (χ2n) is 7.06. The predicted molar refractivity (Wildman–Crippen MR) is 135 cm³/mol. The van der Waals surface area contributed by atoms with Gasteiger partial charge in [0.05, 0.1) is 13.0 Å². The van der Waals surface area contributed by atoms with Crippen LogP contribution in [0.25, 0.3) is 5.69 Å². The van der Waals surface area contributed by atoms with Crippen molar-refractivity contribution in [3.8, 4) is 5.69 Å². The van der Waals surface area contributed by atoms with E-state index in [0.29, 0.717) is 18.8 Å². The van der Waals surface area contributed by atoms with Gasteiger partial charge in [0.1, 0.15) is 0 Å². The summed E-state index contributed by atoms with van der Waals surface area (Å²) in [5.41, 5.74) is 3.12. The van der Waals surface area contributed by atoms with Crippen molar-refractivity contribution < 1.29 is 4.79 Å². The Morgan fingerprint density at radius 1 is 0.844 bits per heavy atom. The molecule has 1 amide bonds. The molecule has 162 valence electrons. The Bertz CT molecular complexity index is 1180. The van der Waals surface area contributed by atoms with Gasteiger partial charge >= 0.3 is 0 Å². The van der Waals surface area contributed by atoms with Crippen molar-refractivity contribution in [2.45, 2.75) is 23.9 Å². The Kier molecular flexibility index (Phi) is 7.78. The Morgan fingerprint density at radius 3 is 2.19 bits per heavy atom. The maximum absolute atomic E-state index is 12.4. The summed E-state index contributed by atoms with van der Waals surface area (Å²) in [5.74, 6) is 1.40. The third-order valence-electron chi connectivity index (χ3n) is 4.72. The van der Waals surface area contributed by atoms with Crippen LogP contribution in [0, 0.1) is 0 Å². The number of carbonyl (C=O) groups is 1. The summed E-state index contributed by atoms with van der Waals surface area (Å²) in [6.07, 6.45) is 0.332. The van der Waals surface area contributed by atoms with Gasteiger partial charge in [0.15, 0.2) is 11.0 Å². The average molecular weight is 572 g/mol. The predicted octanol–water partition coefficient (Wildman–Crippen LogP) is 5.94. The van der Waals surface area contributed by atoms with Crippen LogP contribution in [0.15, 0.2) is 93.0 Å². The molecule has 1 heterocycles. The summed E-state index contributed by atoms with van der Waals surface area (Å²) >= 11 is 8.57. The van der Waals surface area contributed by atoms with Crippen molar-refractivity contribution in [2.75, 3.05) is 0 Å². The van der Waals surface area contributed by atoms with Crippen molar-refractivity contribution in [3.63, 3.8) is 0 Å². The van der Waals surface area contributed by atoms with Crippen molar-refractivity contribution >= 4 is 49.5 Å². The topological polar surface area (TPSA) is 59.8 Å². The van der Waals surface area contributed by atoms with Crippen LogP contribution < -0.4 is 5.32 Å². The number of hydrogen-bond donors (Lipinski definition) is 1. The van der Waals surface area contributed by atoms with E-state index in [-0.39, 0.29) is 5.91 Å². The normalized spacial score (nSPS) is 10.8. The molecule has 4 aromatic rings. The van der Waals surface area contributed by atoms with Gasteiger partial charge in [-0.1, -0.05) is 86.1 Å². The quantitative estimate of drug-likeness (QED) is 0.266. The number of carbonyl (C=O) groups excluding carboxylic acids is 1. The molecule has 8 heteroatoms. The lowest BCUT2D eigenvalue weighted by Gasteiger charge is -2.11. The molecule has 3 aromatic carbocycles. The molecule has 32 heavy (non-hydrogen) atoms. The number of benzene rings is 3. The SMILES string of the molecule is O=C(Cc1ccccc1)NCc1nnc(SCc2ccc(Br)cc2)n1-c1ccc(Br)cc1. The third kappa shape index (κ3) is 6.09. The van der Waals surface area contributed by atoms with Gasteiger partial charge in [-0.15, -0.1) is 10.2 Å².